The van der Waals surface area contributed by atoms with Gasteiger partial charge in [0, 0.05) is 12.3 Å². The summed E-state index contributed by atoms with van der Waals surface area (Å²) in [6.07, 6.45) is 12.0. The number of hydrogen-bond acceptors (Lipinski definition) is 4. The first-order valence-electron chi connectivity index (χ1n) is 8.92. The van der Waals surface area contributed by atoms with Crippen molar-refractivity contribution in [3.8, 4) is 5.75 Å². The zero-order valence-corrected chi connectivity index (χ0v) is 14.1. The van der Waals surface area contributed by atoms with E-state index in [0.29, 0.717) is 5.92 Å². The lowest BCUT2D eigenvalue weighted by atomic mass is 9.82. The highest BCUT2D eigenvalue weighted by Gasteiger charge is 2.45. The van der Waals surface area contributed by atoms with Crippen LogP contribution >= 0.6 is 0 Å². The summed E-state index contributed by atoms with van der Waals surface area (Å²) in [7, 11) is 1.46. The lowest BCUT2D eigenvalue weighted by Gasteiger charge is -2.26. The molecule has 0 aromatic carbocycles. The highest BCUT2D eigenvalue weighted by molar-refractivity contribution is 5.83. The normalized spacial score (nSPS) is 21.1. The van der Waals surface area contributed by atoms with Crippen LogP contribution in [0.4, 0.5) is 0 Å². The van der Waals surface area contributed by atoms with Crippen LogP contribution in [0.1, 0.15) is 63.5 Å². The summed E-state index contributed by atoms with van der Waals surface area (Å²) >= 11 is 0. The number of carbonyl (C=O) groups is 1. The van der Waals surface area contributed by atoms with E-state index in [-0.39, 0.29) is 5.97 Å². The molecular weight excluding hydrogens is 290 g/mol. The van der Waals surface area contributed by atoms with Gasteiger partial charge in [0.2, 0.25) is 0 Å². The SMILES string of the molecule is COC(=O)C1(c2cc(OCC3CCCCC3)ccn2)CCCC1. The Morgan fingerprint density at radius 3 is 2.65 bits per heavy atom. The van der Waals surface area contributed by atoms with Gasteiger partial charge in [0.25, 0.3) is 0 Å². The molecule has 4 nitrogen and oxygen atoms in total. The standard InChI is InChI=1S/C19H27NO3/c1-22-18(21)19(10-5-6-11-19)17-13-16(9-12-20-17)23-14-15-7-3-2-4-8-15/h9,12-13,15H,2-8,10-11,14H2,1H3. The maximum atomic E-state index is 12.3. The van der Waals surface area contributed by atoms with Crippen molar-refractivity contribution in [3.05, 3.63) is 24.0 Å². The van der Waals surface area contributed by atoms with E-state index < -0.39 is 5.41 Å². The number of aromatic nitrogens is 1. The van der Waals surface area contributed by atoms with Gasteiger partial charge in [-0.3, -0.25) is 9.78 Å². The minimum Gasteiger partial charge on any atom is -0.493 e. The zero-order valence-electron chi connectivity index (χ0n) is 14.1. The Labute approximate surface area is 138 Å². The molecule has 0 unspecified atom stereocenters. The van der Waals surface area contributed by atoms with E-state index in [1.165, 1.54) is 39.2 Å². The van der Waals surface area contributed by atoms with Gasteiger partial charge in [-0.25, -0.2) is 0 Å². The summed E-state index contributed by atoms with van der Waals surface area (Å²) in [6.45, 7) is 0.772. The van der Waals surface area contributed by atoms with Crippen LogP contribution in [0.5, 0.6) is 5.75 Å². The molecule has 1 aromatic rings. The van der Waals surface area contributed by atoms with Crippen LogP contribution in [0, 0.1) is 5.92 Å². The molecule has 1 aromatic heterocycles. The third kappa shape index (κ3) is 3.51. The second-order valence-electron chi connectivity index (χ2n) is 6.97. The van der Waals surface area contributed by atoms with Crippen LogP contribution in [-0.2, 0) is 14.9 Å². The van der Waals surface area contributed by atoms with E-state index in [1.807, 2.05) is 12.1 Å². The molecule has 0 saturated heterocycles. The number of pyridine rings is 1. The van der Waals surface area contributed by atoms with E-state index in [2.05, 4.69) is 4.98 Å². The average Bonchev–Trinajstić information content (AvgIpc) is 3.11. The van der Waals surface area contributed by atoms with Gasteiger partial charge in [0.1, 0.15) is 11.2 Å². The van der Waals surface area contributed by atoms with Crippen molar-refractivity contribution in [2.45, 2.75) is 63.2 Å². The monoisotopic (exact) mass is 317 g/mol. The van der Waals surface area contributed by atoms with Gasteiger partial charge in [-0.05, 0) is 37.7 Å². The number of hydrogen-bond donors (Lipinski definition) is 0. The molecule has 0 radical (unpaired) electrons. The lowest BCUT2D eigenvalue weighted by Crippen LogP contribution is -2.35. The molecule has 23 heavy (non-hydrogen) atoms. The Balaban J connectivity index is 1.72. The minimum absolute atomic E-state index is 0.160. The summed E-state index contributed by atoms with van der Waals surface area (Å²) in [5.41, 5.74) is 0.238. The quantitative estimate of drug-likeness (QED) is 0.769. The molecule has 2 aliphatic rings. The molecule has 1 heterocycles. The first-order valence-corrected chi connectivity index (χ1v) is 8.92. The molecule has 0 N–H and O–H groups in total. The first kappa shape index (κ1) is 16.3. The molecule has 0 spiro atoms. The van der Waals surface area contributed by atoms with E-state index in [0.717, 1.165) is 43.7 Å². The van der Waals surface area contributed by atoms with Crippen molar-refractivity contribution >= 4 is 5.97 Å². The fourth-order valence-corrected chi connectivity index (χ4v) is 4.07. The van der Waals surface area contributed by atoms with Crippen LogP contribution in [0.3, 0.4) is 0 Å². The maximum absolute atomic E-state index is 12.3. The van der Waals surface area contributed by atoms with E-state index in [4.69, 9.17) is 9.47 Å². The zero-order chi connectivity index (χ0) is 16.1. The lowest BCUT2D eigenvalue weighted by molar-refractivity contribution is -0.147. The Hall–Kier alpha value is -1.58. The largest absolute Gasteiger partial charge is 0.493 e. The van der Waals surface area contributed by atoms with Gasteiger partial charge >= 0.3 is 5.97 Å². The fraction of sp³-hybridized carbons (Fsp3) is 0.684. The number of ether oxygens (including phenoxy) is 2. The van der Waals surface area contributed by atoms with Crippen molar-refractivity contribution in [1.82, 2.24) is 4.98 Å². The van der Waals surface area contributed by atoms with Crippen molar-refractivity contribution < 1.29 is 14.3 Å². The molecule has 0 bridgehead atoms. The fourth-order valence-electron chi connectivity index (χ4n) is 4.07. The minimum atomic E-state index is -0.570. The van der Waals surface area contributed by atoms with Crippen molar-refractivity contribution in [3.63, 3.8) is 0 Å². The van der Waals surface area contributed by atoms with Crippen LogP contribution in [0.2, 0.25) is 0 Å². The summed E-state index contributed by atoms with van der Waals surface area (Å²) in [5.74, 6) is 1.34. The summed E-state index contributed by atoms with van der Waals surface area (Å²) in [4.78, 5) is 16.8. The Kier molecular flexibility index (Phi) is 5.19. The topological polar surface area (TPSA) is 48.4 Å². The molecule has 2 fully saturated rings. The van der Waals surface area contributed by atoms with Gasteiger partial charge in [-0.1, -0.05) is 32.1 Å². The van der Waals surface area contributed by atoms with Crippen molar-refractivity contribution in [2.24, 2.45) is 5.92 Å². The molecule has 0 atom stereocenters. The Bertz CT molecular complexity index is 531. The van der Waals surface area contributed by atoms with Crippen molar-refractivity contribution in [2.75, 3.05) is 13.7 Å². The maximum Gasteiger partial charge on any atom is 0.317 e. The first-order chi connectivity index (χ1) is 11.2. The third-order valence-electron chi connectivity index (χ3n) is 5.47. The molecule has 126 valence electrons. The Morgan fingerprint density at radius 1 is 1.22 bits per heavy atom. The number of esters is 1. The van der Waals surface area contributed by atoms with Gasteiger partial charge in [-0.15, -0.1) is 0 Å². The number of carbonyl (C=O) groups excluding carboxylic acids is 1. The van der Waals surface area contributed by atoms with Crippen LogP contribution in [-0.4, -0.2) is 24.7 Å². The van der Waals surface area contributed by atoms with Gasteiger partial charge in [0.15, 0.2) is 0 Å². The number of nitrogens with zero attached hydrogens (tertiary/aromatic N) is 1. The smallest absolute Gasteiger partial charge is 0.317 e. The summed E-state index contributed by atoms with van der Waals surface area (Å²) in [6, 6.07) is 3.84. The number of methoxy groups -OCH3 is 1. The number of rotatable bonds is 5. The van der Waals surface area contributed by atoms with Crippen LogP contribution in [0.15, 0.2) is 18.3 Å². The molecule has 2 saturated carbocycles. The molecule has 3 rings (SSSR count). The average molecular weight is 317 g/mol. The summed E-state index contributed by atoms with van der Waals surface area (Å²) in [5, 5.41) is 0. The molecule has 2 aliphatic carbocycles. The molecule has 0 amide bonds. The summed E-state index contributed by atoms with van der Waals surface area (Å²) < 4.78 is 11.1. The van der Waals surface area contributed by atoms with E-state index in [1.54, 1.807) is 6.20 Å². The van der Waals surface area contributed by atoms with E-state index in [9.17, 15) is 4.79 Å². The van der Waals surface area contributed by atoms with Gasteiger partial charge in [-0.2, -0.15) is 0 Å². The van der Waals surface area contributed by atoms with Gasteiger partial charge < -0.3 is 9.47 Å². The molecular formula is C19H27NO3. The second-order valence-corrected chi connectivity index (χ2v) is 6.97. The van der Waals surface area contributed by atoms with Crippen molar-refractivity contribution in [1.29, 1.82) is 0 Å². The van der Waals surface area contributed by atoms with E-state index >= 15 is 0 Å². The highest BCUT2D eigenvalue weighted by atomic mass is 16.5. The van der Waals surface area contributed by atoms with Crippen LogP contribution < -0.4 is 4.74 Å². The van der Waals surface area contributed by atoms with Gasteiger partial charge in [0.05, 0.1) is 19.4 Å². The second kappa shape index (κ2) is 7.33. The predicted molar refractivity (Wildman–Crippen MR) is 88.5 cm³/mol. The Morgan fingerprint density at radius 2 is 1.96 bits per heavy atom. The van der Waals surface area contributed by atoms with Crippen LogP contribution in [0.25, 0.3) is 0 Å². The predicted octanol–water partition coefficient (Wildman–Crippen LogP) is 4.03. The third-order valence-corrected chi connectivity index (χ3v) is 5.47. The highest BCUT2D eigenvalue weighted by Crippen LogP contribution is 2.42. The molecule has 4 heteroatoms. The molecule has 0 aliphatic heterocycles.